The second kappa shape index (κ2) is 8.40. The van der Waals surface area contributed by atoms with Crippen molar-refractivity contribution in [3.63, 3.8) is 0 Å². The number of pyridine rings is 1. The van der Waals surface area contributed by atoms with Gasteiger partial charge in [0, 0.05) is 29.7 Å². The molecule has 3 heteroatoms. The van der Waals surface area contributed by atoms with E-state index in [1.807, 2.05) is 24.4 Å². The van der Waals surface area contributed by atoms with Gasteiger partial charge in [0.15, 0.2) is 5.82 Å². The number of hydrogen-bond donors (Lipinski definition) is 0. The van der Waals surface area contributed by atoms with Crippen LogP contribution in [0.25, 0.3) is 66.1 Å². The highest BCUT2D eigenvalue weighted by atomic mass is 14.9. The number of aromatic nitrogens is 3. The van der Waals surface area contributed by atoms with Gasteiger partial charge in [0.05, 0.1) is 5.69 Å². The Bertz CT molecular complexity index is 1860. The summed E-state index contributed by atoms with van der Waals surface area (Å²) in [6, 6.07) is 38.6. The number of hydrogen-bond acceptors (Lipinski definition) is 3. The van der Waals surface area contributed by atoms with Crippen LogP contribution in [0.3, 0.4) is 0 Å². The van der Waals surface area contributed by atoms with Crippen molar-refractivity contribution in [1.82, 2.24) is 15.0 Å². The van der Waals surface area contributed by atoms with Crippen molar-refractivity contribution >= 4 is 32.3 Å². The third-order valence-electron chi connectivity index (χ3n) is 6.83. The van der Waals surface area contributed by atoms with Crippen molar-refractivity contribution < 1.29 is 0 Å². The molecule has 0 amide bonds. The lowest BCUT2D eigenvalue weighted by molar-refractivity contribution is 1.17. The van der Waals surface area contributed by atoms with Gasteiger partial charge < -0.3 is 0 Å². The van der Waals surface area contributed by atoms with Crippen molar-refractivity contribution in [3.05, 3.63) is 128 Å². The number of benzene rings is 5. The van der Waals surface area contributed by atoms with E-state index in [2.05, 4.69) is 101 Å². The molecule has 0 aliphatic carbocycles. The molecule has 0 N–H and O–H groups in total. The molecule has 0 unspecified atom stereocenters. The lowest BCUT2D eigenvalue weighted by Gasteiger charge is -2.13. The molecule has 0 aliphatic heterocycles. The fourth-order valence-corrected chi connectivity index (χ4v) is 5.09. The Morgan fingerprint density at radius 2 is 1.00 bits per heavy atom. The van der Waals surface area contributed by atoms with Gasteiger partial charge in [0.25, 0.3) is 0 Å². The van der Waals surface area contributed by atoms with Crippen molar-refractivity contribution in [1.29, 1.82) is 0 Å². The summed E-state index contributed by atoms with van der Waals surface area (Å²) in [6.07, 6.45) is 5.36. The molecule has 3 nitrogen and oxygen atoms in total. The van der Waals surface area contributed by atoms with Crippen LogP contribution in [0.15, 0.2) is 128 Å². The highest BCUT2D eigenvalue weighted by molar-refractivity contribution is 6.26. The highest BCUT2D eigenvalue weighted by Gasteiger charge is 2.12. The second-order valence-electron chi connectivity index (χ2n) is 8.93. The summed E-state index contributed by atoms with van der Waals surface area (Å²) in [6.45, 7) is 0. The van der Waals surface area contributed by atoms with Gasteiger partial charge in [-0.05, 0) is 73.8 Å². The zero-order valence-electron chi connectivity index (χ0n) is 19.5. The Labute approximate surface area is 208 Å². The predicted molar refractivity (Wildman–Crippen MR) is 149 cm³/mol. The Morgan fingerprint density at radius 1 is 0.389 bits per heavy atom. The number of nitrogens with zero attached hydrogens (tertiary/aromatic N) is 3. The molecule has 0 radical (unpaired) electrons. The topological polar surface area (TPSA) is 38.7 Å². The number of rotatable bonds is 3. The molecule has 2 aromatic heterocycles. The van der Waals surface area contributed by atoms with E-state index >= 15 is 0 Å². The molecule has 5 aromatic carbocycles. The normalized spacial score (nSPS) is 11.3. The lowest BCUT2D eigenvalue weighted by Crippen LogP contribution is -1.92. The summed E-state index contributed by atoms with van der Waals surface area (Å²) in [7, 11) is 0. The van der Waals surface area contributed by atoms with E-state index in [9.17, 15) is 0 Å². The molecule has 0 saturated carbocycles. The molecule has 7 rings (SSSR count). The molecule has 0 bridgehead atoms. The third kappa shape index (κ3) is 3.41. The Morgan fingerprint density at radius 3 is 1.72 bits per heavy atom. The maximum Gasteiger partial charge on any atom is 0.159 e. The lowest BCUT2D eigenvalue weighted by atomic mass is 9.91. The van der Waals surface area contributed by atoms with Gasteiger partial charge in [0.2, 0.25) is 0 Å². The minimum atomic E-state index is 0.701. The van der Waals surface area contributed by atoms with E-state index in [0.29, 0.717) is 5.82 Å². The molecule has 0 fully saturated rings. The van der Waals surface area contributed by atoms with Crippen LogP contribution in [0.1, 0.15) is 0 Å². The highest BCUT2D eigenvalue weighted by Crippen LogP contribution is 2.38. The van der Waals surface area contributed by atoms with Crippen LogP contribution < -0.4 is 0 Å². The predicted octanol–water partition coefficient (Wildman–Crippen LogP) is 8.33. The average molecular weight is 460 g/mol. The maximum absolute atomic E-state index is 4.87. The van der Waals surface area contributed by atoms with Gasteiger partial charge in [-0.15, -0.1) is 0 Å². The first-order valence-electron chi connectivity index (χ1n) is 12.0. The van der Waals surface area contributed by atoms with E-state index < -0.39 is 0 Å². The Balaban J connectivity index is 1.45. The van der Waals surface area contributed by atoms with Crippen LogP contribution in [-0.2, 0) is 0 Å². The standard InChI is InChI=1S/C33H21N3/c1-2-6-22(7-3-1)24-10-12-28-29-13-11-25(21-31(29)27-9-5-4-8-26(27)30(28)20-24)32-16-19-35-33(36-32)23-14-17-34-18-15-23/h1-21H. The first kappa shape index (κ1) is 20.5. The average Bonchev–Trinajstić information content (AvgIpc) is 2.98. The van der Waals surface area contributed by atoms with Gasteiger partial charge in [0.1, 0.15) is 0 Å². The molecule has 7 aromatic rings. The zero-order chi connectivity index (χ0) is 23.9. The molecule has 0 saturated heterocycles. The van der Waals surface area contributed by atoms with Crippen LogP contribution in [-0.4, -0.2) is 15.0 Å². The maximum atomic E-state index is 4.87. The summed E-state index contributed by atoms with van der Waals surface area (Å²) < 4.78 is 0. The smallest absolute Gasteiger partial charge is 0.159 e. The summed E-state index contributed by atoms with van der Waals surface area (Å²) in [4.78, 5) is 13.5. The van der Waals surface area contributed by atoms with Crippen molar-refractivity contribution in [2.24, 2.45) is 0 Å². The monoisotopic (exact) mass is 459 g/mol. The van der Waals surface area contributed by atoms with Gasteiger partial charge >= 0.3 is 0 Å². The molecule has 36 heavy (non-hydrogen) atoms. The van der Waals surface area contributed by atoms with Crippen LogP contribution in [0, 0.1) is 0 Å². The van der Waals surface area contributed by atoms with Crippen molar-refractivity contribution in [2.75, 3.05) is 0 Å². The van der Waals surface area contributed by atoms with E-state index in [4.69, 9.17) is 4.98 Å². The fourth-order valence-electron chi connectivity index (χ4n) is 5.09. The minimum Gasteiger partial charge on any atom is -0.265 e. The third-order valence-corrected chi connectivity index (χ3v) is 6.83. The van der Waals surface area contributed by atoms with E-state index in [-0.39, 0.29) is 0 Å². The van der Waals surface area contributed by atoms with Crippen LogP contribution >= 0.6 is 0 Å². The van der Waals surface area contributed by atoms with Crippen molar-refractivity contribution in [2.45, 2.75) is 0 Å². The minimum absolute atomic E-state index is 0.701. The molecule has 0 atom stereocenters. The summed E-state index contributed by atoms with van der Waals surface area (Å²) in [5.74, 6) is 0.701. The van der Waals surface area contributed by atoms with E-state index in [1.165, 1.54) is 43.4 Å². The van der Waals surface area contributed by atoms with Crippen LogP contribution in [0.5, 0.6) is 0 Å². The molecule has 0 aliphatic rings. The Hall–Kier alpha value is -4.89. The first-order chi connectivity index (χ1) is 17.8. The Kier molecular flexibility index (Phi) is 4.78. The fraction of sp³-hybridized carbons (Fsp3) is 0. The van der Waals surface area contributed by atoms with E-state index in [1.54, 1.807) is 12.4 Å². The number of fused-ring (bicyclic) bond motifs is 6. The van der Waals surface area contributed by atoms with E-state index in [0.717, 1.165) is 16.8 Å². The van der Waals surface area contributed by atoms with Gasteiger partial charge in [-0.3, -0.25) is 4.98 Å². The van der Waals surface area contributed by atoms with Gasteiger partial charge in [-0.25, -0.2) is 9.97 Å². The quantitative estimate of drug-likeness (QED) is 0.249. The van der Waals surface area contributed by atoms with Crippen LogP contribution in [0.2, 0.25) is 0 Å². The SMILES string of the molecule is c1ccc(-c2ccc3c4ccc(-c5ccnc(-c6ccncc6)n5)cc4c4ccccc4c3c2)cc1. The summed E-state index contributed by atoms with van der Waals surface area (Å²) in [5.41, 5.74) is 5.40. The summed E-state index contributed by atoms with van der Waals surface area (Å²) in [5, 5.41) is 7.51. The van der Waals surface area contributed by atoms with Gasteiger partial charge in [-0.2, -0.15) is 0 Å². The zero-order valence-corrected chi connectivity index (χ0v) is 19.5. The van der Waals surface area contributed by atoms with Crippen LogP contribution in [0.4, 0.5) is 0 Å². The molecule has 0 spiro atoms. The van der Waals surface area contributed by atoms with Gasteiger partial charge in [-0.1, -0.05) is 78.9 Å². The first-order valence-corrected chi connectivity index (χ1v) is 12.0. The summed E-state index contributed by atoms with van der Waals surface area (Å²) >= 11 is 0. The molecule has 168 valence electrons. The molecule has 2 heterocycles. The van der Waals surface area contributed by atoms with Crippen molar-refractivity contribution in [3.8, 4) is 33.8 Å². The largest absolute Gasteiger partial charge is 0.265 e. The molecular formula is C33H21N3. The molecular weight excluding hydrogens is 438 g/mol. The second-order valence-corrected chi connectivity index (χ2v) is 8.93.